The van der Waals surface area contributed by atoms with Gasteiger partial charge in [0.2, 0.25) is 0 Å². The lowest BCUT2D eigenvalue weighted by molar-refractivity contribution is 0.0112. The Hall–Kier alpha value is -0.480. The lowest BCUT2D eigenvalue weighted by Crippen LogP contribution is -2.55. The zero-order valence-corrected chi connectivity index (χ0v) is 11.9. The van der Waals surface area contributed by atoms with Gasteiger partial charge in [-0.3, -0.25) is 0 Å². The molecule has 0 aliphatic carbocycles. The maximum absolute atomic E-state index is 12.0. The lowest BCUT2D eigenvalue weighted by atomic mass is 10.1. The summed E-state index contributed by atoms with van der Waals surface area (Å²) in [6.07, 6.45) is 0.551. The minimum atomic E-state index is -0.445. The number of rotatable bonds is 2. The van der Waals surface area contributed by atoms with E-state index in [1.165, 1.54) is 0 Å². The largest absolute Gasteiger partial charge is 0.444 e. The molecule has 1 fully saturated rings. The van der Waals surface area contributed by atoms with Crippen molar-refractivity contribution in [3.05, 3.63) is 0 Å². The molecule has 1 saturated heterocycles. The van der Waals surface area contributed by atoms with Gasteiger partial charge >= 0.3 is 6.09 Å². The molecule has 100 valence electrons. The van der Waals surface area contributed by atoms with Crippen molar-refractivity contribution in [2.75, 3.05) is 19.6 Å². The number of halogens is 1. The standard InChI is InChI=1S/C12H23ClN2O2/c1-9(13)7-10-8-14-5-6-15(10)11(16)17-12(2,3)4/h9-10,14H,5-8H2,1-4H3/t9-,10?/m0/s1. The van der Waals surface area contributed by atoms with Crippen LogP contribution in [0.1, 0.15) is 34.1 Å². The van der Waals surface area contributed by atoms with Gasteiger partial charge in [-0.1, -0.05) is 0 Å². The van der Waals surface area contributed by atoms with Crippen molar-refractivity contribution in [1.29, 1.82) is 0 Å². The molecular formula is C12H23ClN2O2. The first-order valence-corrected chi connectivity index (χ1v) is 6.57. The minimum absolute atomic E-state index is 0.0600. The van der Waals surface area contributed by atoms with E-state index in [9.17, 15) is 4.79 Å². The maximum atomic E-state index is 12.0. The predicted octanol–water partition coefficient (Wildman–Crippen LogP) is 2.21. The fraction of sp³-hybridized carbons (Fsp3) is 0.917. The Morgan fingerprint density at radius 2 is 2.24 bits per heavy atom. The summed E-state index contributed by atoms with van der Waals surface area (Å²) in [4.78, 5) is 13.8. The van der Waals surface area contributed by atoms with E-state index in [0.29, 0.717) is 6.54 Å². The van der Waals surface area contributed by atoms with E-state index in [0.717, 1.165) is 19.5 Å². The third-order valence-electron chi connectivity index (χ3n) is 2.58. The first-order chi connectivity index (χ1) is 7.79. The molecule has 4 nitrogen and oxygen atoms in total. The molecule has 0 bridgehead atoms. The number of nitrogens with one attached hydrogen (secondary N) is 1. The summed E-state index contributed by atoms with van der Waals surface area (Å²) in [5.41, 5.74) is -0.445. The van der Waals surface area contributed by atoms with Gasteiger partial charge < -0.3 is 15.0 Å². The number of amides is 1. The molecule has 1 amide bonds. The molecule has 1 unspecified atom stereocenters. The molecule has 17 heavy (non-hydrogen) atoms. The van der Waals surface area contributed by atoms with Gasteiger partial charge in [0, 0.05) is 31.1 Å². The van der Waals surface area contributed by atoms with Crippen molar-refractivity contribution in [3.63, 3.8) is 0 Å². The summed E-state index contributed by atoms with van der Waals surface area (Å²) in [7, 11) is 0. The Kier molecular flexibility index (Phi) is 5.07. The molecule has 0 radical (unpaired) electrons. The van der Waals surface area contributed by atoms with Crippen LogP contribution in [0.4, 0.5) is 4.79 Å². The quantitative estimate of drug-likeness (QED) is 0.776. The first-order valence-electron chi connectivity index (χ1n) is 6.14. The molecule has 1 heterocycles. The number of hydrogen-bond donors (Lipinski definition) is 1. The molecule has 0 saturated carbocycles. The molecule has 1 aliphatic heterocycles. The summed E-state index contributed by atoms with van der Waals surface area (Å²) < 4.78 is 5.41. The van der Waals surface area contributed by atoms with E-state index in [1.54, 1.807) is 4.90 Å². The Morgan fingerprint density at radius 3 is 2.76 bits per heavy atom. The summed E-state index contributed by atoms with van der Waals surface area (Å²) in [5, 5.41) is 3.34. The number of carbonyl (C=O) groups excluding carboxylic acids is 1. The highest BCUT2D eigenvalue weighted by Crippen LogP contribution is 2.17. The van der Waals surface area contributed by atoms with Gasteiger partial charge in [-0.05, 0) is 34.1 Å². The Bertz CT molecular complexity index is 264. The van der Waals surface area contributed by atoms with Crippen molar-refractivity contribution in [1.82, 2.24) is 10.2 Å². The molecule has 1 rings (SSSR count). The topological polar surface area (TPSA) is 41.6 Å². The first kappa shape index (κ1) is 14.6. The Morgan fingerprint density at radius 1 is 1.59 bits per heavy atom. The molecule has 1 aliphatic rings. The van der Waals surface area contributed by atoms with Crippen LogP contribution in [0.2, 0.25) is 0 Å². The zero-order chi connectivity index (χ0) is 13.1. The van der Waals surface area contributed by atoms with Crippen molar-refractivity contribution < 1.29 is 9.53 Å². The number of nitrogens with zero attached hydrogens (tertiary/aromatic N) is 1. The van der Waals surface area contributed by atoms with E-state index < -0.39 is 5.60 Å². The van der Waals surface area contributed by atoms with Crippen molar-refractivity contribution in [2.24, 2.45) is 0 Å². The molecule has 2 atom stereocenters. The third kappa shape index (κ3) is 5.13. The molecule has 1 N–H and O–H groups in total. The van der Waals surface area contributed by atoms with Crippen LogP contribution in [0, 0.1) is 0 Å². The van der Waals surface area contributed by atoms with Crippen molar-refractivity contribution >= 4 is 17.7 Å². The molecule has 0 aromatic carbocycles. The van der Waals surface area contributed by atoms with Gasteiger partial charge in [0.15, 0.2) is 0 Å². The molecule has 5 heteroatoms. The van der Waals surface area contributed by atoms with Gasteiger partial charge in [-0.15, -0.1) is 11.6 Å². The lowest BCUT2D eigenvalue weighted by Gasteiger charge is -2.37. The number of piperazine rings is 1. The summed E-state index contributed by atoms with van der Waals surface area (Å²) in [6, 6.07) is 0.131. The van der Waals surface area contributed by atoms with Crippen LogP contribution in [0.15, 0.2) is 0 Å². The van der Waals surface area contributed by atoms with Gasteiger partial charge in [0.1, 0.15) is 5.60 Å². The van der Waals surface area contributed by atoms with Crippen LogP contribution in [0.3, 0.4) is 0 Å². The van der Waals surface area contributed by atoms with Crippen LogP contribution in [-0.4, -0.2) is 47.6 Å². The van der Waals surface area contributed by atoms with Crippen LogP contribution in [0.5, 0.6) is 0 Å². The maximum Gasteiger partial charge on any atom is 0.410 e. The second-order valence-electron chi connectivity index (χ2n) is 5.55. The highest BCUT2D eigenvalue weighted by molar-refractivity contribution is 6.20. The second-order valence-corrected chi connectivity index (χ2v) is 6.29. The van der Waals surface area contributed by atoms with Gasteiger partial charge in [-0.25, -0.2) is 4.79 Å². The van der Waals surface area contributed by atoms with Crippen molar-refractivity contribution in [3.8, 4) is 0 Å². The van der Waals surface area contributed by atoms with Gasteiger partial charge in [0.25, 0.3) is 0 Å². The normalized spacial score (nSPS) is 23.4. The van der Waals surface area contributed by atoms with E-state index in [1.807, 2.05) is 27.7 Å². The zero-order valence-electron chi connectivity index (χ0n) is 11.1. The highest BCUT2D eigenvalue weighted by atomic mass is 35.5. The van der Waals surface area contributed by atoms with Crippen LogP contribution >= 0.6 is 11.6 Å². The highest BCUT2D eigenvalue weighted by Gasteiger charge is 2.30. The third-order valence-corrected chi connectivity index (χ3v) is 2.75. The van der Waals surface area contributed by atoms with Crippen LogP contribution in [0.25, 0.3) is 0 Å². The second kappa shape index (κ2) is 5.91. The van der Waals surface area contributed by atoms with E-state index in [4.69, 9.17) is 16.3 Å². The summed E-state index contributed by atoms with van der Waals surface area (Å²) >= 11 is 6.01. The van der Waals surface area contributed by atoms with Crippen molar-refractivity contribution in [2.45, 2.75) is 51.1 Å². The fourth-order valence-electron chi connectivity index (χ4n) is 1.91. The van der Waals surface area contributed by atoms with Crippen LogP contribution < -0.4 is 5.32 Å². The molecule has 0 aromatic rings. The summed E-state index contributed by atoms with van der Waals surface area (Å²) in [5.74, 6) is 0. The number of hydrogen-bond acceptors (Lipinski definition) is 3. The van der Waals surface area contributed by atoms with Gasteiger partial charge in [0.05, 0.1) is 0 Å². The van der Waals surface area contributed by atoms with Gasteiger partial charge in [-0.2, -0.15) is 0 Å². The minimum Gasteiger partial charge on any atom is -0.444 e. The fourth-order valence-corrected chi connectivity index (χ4v) is 2.11. The average molecular weight is 263 g/mol. The van der Waals surface area contributed by atoms with E-state index >= 15 is 0 Å². The number of carbonyl (C=O) groups is 1. The number of alkyl halides is 1. The average Bonchev–Trinajstić information content (AvgIpc) is 2.14. The molecule has 0 spiro atoms. The Balaban J connectivity index is 2.61. The van der Waals surface area contributed by atoms with E-state index in [2.05, 4.69) is 5.32 Å². The predicted molar refractivity (Wildman–Crippen MR) is 69.5 cm³/mol. The summed E-state index contributed by atoms with van der Waals surface area (Å²) in [6.45, 7) is 9.88. The monoisotopic (exact) mass is 262 g/mol. The van der Waals surface area contributed by atoms with E-state index in [-0.39, 0.29) is 17.5 Å². The van der Waals surface area contributed by atoms with Crippen LogP contribution in [-0.2, 0) is 4.74 Å². The molecule has 0 aromatic heterocycles. The smallest absolute Gasteiger partial charge is 0.410 e. The number of ether oxygens (including phenoxy) is 1. The SMILES string of the molecule is C[C@H](Cl)CC1CNCCN1C(=O)OC(C)(C)C. The molecular weight excluding hydrogens is 240 g/mol. The Labute approximate surface area is 109 Å².